The molecule has 1 aromatic heterocycles. The Bertz CT molecular complexity index is 931. The number of para-hydroxylation sites is 1. The zero-order chi connectivity index (χ0) is 19.6. The van der Waals surface area contributed by atoms with Gasteiger partial charge in [-0.2, -0.15) is 0 Å². The zero-order valence-corrected chi connectivity index (χ0v) is 16.4. The first-order valence-corrected chi connectivity index (χ1v) is 9.78. The molecular weight excluding hydrogens is 364 g/mol. The lowest BCUT2D eigenvalue weighted by Crippen LogP contribution is -2.36. The van der Waals surface area contributed by atoms with Crippen molar-refractivity contribution in [2.45, 2.75) is 39.8 Å². The van der Waals surface area contributed by atoms with Crippen molar-refractivity contribution in [3.8, 4) is 0 Å². The molecule has 1 aliphatic rings. The lowest BCUT2D eigenvalue weighted by molar-refractivity contribution is -0.143. The number of nitrogens with zero attached hydrogens (tertiary/aromatic N) is 2. The van der Waals surface area contributed by atoms with Gasteiger partial charge in [0.2, 0.25) is 0 Å². The molecule has 0 radical (unpaired) electrons. The lowest BCUT2D eigenvalue weighted by atomic mass is 10.1. The Hall–Kier alpha value is -2.54. The molecule has 0 bridgehead atoms. The number of rotatable bonds is 6. The Kier molecular flexibility index (Phi) is 5.70. The number of benzene rings is 1. The monoisotopic (exact) mass is 386 g/mol. The summed E-state index contributed by atoms with van der Waals surface area (Å²) in [6, 6.07) is 7.51. The molecule has 0 unspecified atom stereocenters. The number of amides is 2. The average molecular weight is 386 g/mol. The highest BCUT2D eigenvalue weighted by Crippen LogP contribution is 2.35. The second-order valence-corrected chi connectivity index (χ2v) is 7.34. The first kappa shape index (κ1) is 19.2. The minimum atomic E-state index is -0.318. The Morgan fingerprint density at radius 3 is 2.70 bits per heavy atom. The number of esters is 1. The van der Waals surface area contributed by atoms with Gasteiger partial charge in [-0.05, 0) is 44.2 Å². The molecule has 27 heavy (non-hydrogen) atoms. The number of aromatic nitrogens is 1. The van der Waals surface area contributed by atoms with Gasteiger partial charge in [0.1, 0.15) is 6.54 Å². The van der Waals surface area contributed by atoms with Crippen molar-refractivity contribution in [1.29, 1.82) is 0 Å². The number of hydrogen-bond acceptors (Lipinski definition) is 5. The molecule has 0 spiro atoms. The van der Waals surface area contributed by atoms with Crippen molar-refractivity contribution in [1.82, 2.24) is 9.47 Å². The summed E-state index contributed by atoms with van der Waals surface area (Å²) in [4.78, 5) is 38.5. The van der Waals surface area contributed by atoms with Crippen LogP contribution in [0.15, 0.2) is 35.4 Å². The summed E-state index contributed by atoms with van der Waals surface area (Å²) in [5, 5.41) is 0.674. The number of thioether (sulfide) groups is 1. The summed E-state index contributed by atoms with van der Waals surface area (Å²) >= 11 is 0.958. The van der Waals surface area contributed by atoms with E-state index in [0.29, 0.717) is 17.9 Å². The van der Waals surface area contributed by atoms with Gasteiger partial charge in [-0.1, -0.05) is 25.1 Å². The summed E-state index contributed by atoms with van der Waals surface area (Å²) in [5.74, 6) is -0.580. The van der Waals surface area contributed by atoms with Crippen LogP contribution in [0.5, 0.6) is 0 Å². The minimum Gasteiger partial charge on any atom is -0.465 e. The molecule has 0 saturated carbocycles. The standard InChI is InChI=1S/C20H22N2O4S/c1-4-13(3)22-19(24)17(27-20(22)25)10-14-11-21(12-18(23)26-5-2)16-9-7-6-8-15(14)16/h6-11,13H,4-5,12H2,1-3H3/b17-10+/t13-/m0/s1. The summed E-state index contributed by atoms with van der Waals surface area (Å²) < 4.78 is 6.84. The van der Waals surface area contributed by atoms with Crippen LogP contribution in [-0.2, 0) is 20.9 Å². The van der Waals surface area contributed by atoms with E-state index in [-0.39, 0.29) is 29.7 Å². The lowest BCUT2D eigenvalue weighted by Gasteiger charge is -2.19. The number of imide groups is 1. The maximum absolute atomic E-state index is 12.7. The molecule has 142 valence electrons. The number of hydrogen-bond donors (Lipinski definition) is 0. The van der Waals surface area contributed by atoms with E-state index in [4.69, 9.17) is 4.74 Å². The number of carbonyl (C=O) groups excluding carboxylic acids is 3. The molecule has 2 aromatic rings. The molecule has 1 aromatic carbocycles. The van der Waals surface area contributed by atoms with Gasteiger partial charge in [0.15, 0.2) is 0 Å². The van der Waals surface area contributed by atoms with E-state index in [9.17, 15) is 14.4 Å². The van der Waals surface area contributed by atoms with E-state index >= 15 is 0 Å². The average Bonchev–Trinajstić information content (AvgIpc) is 3.12. The number of ether oxygens (including phenoxy) is 1. The summed E-state index contributed by atoms with van der Waals surface area (Å²) in [7, 11) is 0. The van der Waals surface area contributed by atoms with Gasteiger partial charge >= 0.3 is 5.97 Å². The van der Waals surface area contributed by atoms with E-state index in [1.54, 1.807) is 17.6 Å². The van der Waals surface area contributed by atoms with Crippen LogP contribution in [0.25, 0.3) is 17.0 Å². The van der Waals surface area contributed by atoms with E-state index in [2.05, 4.69) is 0 Å². The predicted molar refractivity (Wildman–Crippen MR) is 106 cm³/mol. The fourth-order valence-corrected chi connectivity index (χ4v) is 3.97. The first-order chi connectivity index (χ1) is 13.0. The molecule has 0 N–H and O–H groups in total. The molecule has 2 amide bonds. The molecule has 6 nitrogen and oxygen atoms in total. The molecule has 3 rings (SSSR count). The fourth-order valence-electron chi connectivity index (χ4n) is 3.05. The molecule has 1 saturated heterocycles. The van der Waals surface area contributed by atoms with Crippen LogP contribution in [0.2, 0.25) is 0 Å². The second kappa shape index (κ2) is 8.00. The van der Waals surface area contributed by atoms with Gasteiger partial charge < -0.3 is 9.30 Å². The highest BCUT2D eigenvalue weighted by atomic mass is 32.2. The van der Waals surface area contributed by atoms with Crippen LogP contribution in [-0.4, -0.2) is 39.2 Å². The predicted octanol–water partition coefficient (Wildman–Crippen LogP) is 4.04. The smallest absolute Gasteiger partial charge is 0.325 e. The van der Waals surface area contributed by atoms with Crippen molar-refractivity contribution < 1.29 is 19.1 Å². The highest BCUT2D eigenvalue weighted by molar-refractivity contribution is 8.18. The largest absolute Gasteiger partial charge is 0.465 e. The van der Waals surface area contributed by atoms with Gasteiger partial charge in [0, 0.05) is 28.7 Å². The third kappa shape index (κ3) is 3.78. The van der Waals surface area contributed by atoms with Crippen LogP contribution in [0.4, 0.5) is 4.79 Å². The van der Waals surface area contributed by atoms with Crippen LogP contribution < -0.4 is 0 Å². The minimum absolute atomic E-state index is 0.0938. The van der Waals surface area contributed by atoms with E-state index < -0.39 is 0 Å². The molecule has 2 heterocycles. The number of fused-ring (bicyclic) bond motifs is 1. The Morgan fingerprint density at radius 1 is 1.26 bits per heavy atom. The van der Waals surface area contributed by atoms with Gasteiger partial charge in [-0.3, -0.25) is 19.3 Å². The van der Waals surface area contributed by atoms with Crippen LogP contribution in [0.3, 0.4) is 0 Å². The van der Waals surface area contributed by atoms with Crippen molar-refractivity contribution in [2.24, 2.45) is 0 Å². The van der Waals surface area contributed by atoms with E-state index in [1.807, 2.05) is 44.3 Å². The maximum Gasteiger partial charge on any atom is 0.325 e. The van der Waals surface area contributed by atoms with Gasteiger partial charge in [0.05, 0.1) is 11.5 Å². The molecule has 1 fully saturated rings. The normalized spacial score (nSPS) is 17.1. The van der Waals surface area contributed by atoms with E-state index in [0.717, 1.165) is 28.2 Å². The molecular formula is C20H22N2O4S. The summed E-state index contributed by atoms with van der Waals surface area (Å²) in [6.45, 7) is 6.00. The molecule has 1 atom stereocenters. The van der Waals surface area contributed by atoms with Crippen molar-refractivity contribution in [3.05, 3.63) is 40.9 Å². The third-order valence-electron chi connectivity index (χ3n) is 4.57. The van der Waals surface area contributed by atoms with Crippen LogP contribution in [0.1, 0.15) is 32.8 Å². The zero-order valence-electron chi connectivity index (χ0n) is 15.6. The van der Waals surface area contributed by atoms with E-state index in [1.165, 1.54) is 4.90 Å². The quantitative estimate of drug-likeness (QED) is 0.554. The fraction of sp³-hybridized carbons (Fsp3) is 0.350. The Morgan fingerprint density at radius 2 is 2.00 bits per heavy atom. The SMILES string of the molecule is CCOC(=O)Cn1cc(/C=C2/SC(=O)N([C@@H](C)CC)C2=O)c2ccccc21. The van der Waals surface area contributed by atoms with Crippen molar-refractivity contribution in [3.63, 3.8) is 0 Å². The van der Waals surface area contributed by atoms with Crippen LogP contribution in [0, 0.1) is 0 Å². The second-order valence-electron chi connectivity index (χ2n) is 6.34. The van der Waals surface area contributed by atoms with Crippen LogP contribution >= 0.6 is 11.8 Å². The molecule has 1 aliphatic heterocycles. The summed E-state index contributed by atoms with van der Waals surface area (Å²) in [6.07, 6.45) is 4.26. The summed E-state index contributed by atoms with van der Waals surface area (Å²) in [5.41, 5.74) is 1.67. The number of carbonyl (C=O) groups is 3. The van der Waals surface area contributed by atoms with Gasteiger partial charge in [-0.15, -0.1) is 0 Å². The first-order valence-electron chi connectivity index (χ1n) is 8.96. The van der Waals surface area contributed by atoms with Gasteiger partial charge in [-0.25, -0.2) is 0 Å². The van der Waals surface area contributed by atoms with Crippen molar-refractivity contribution >= 4 is 45.9 Å². The van der Waals surface area contributed by atoms with Gasteiger partial charge in [0.25, 0.3) is 11.1 Å². The van der Waals surface area contributed by atoms with Crippen molar-refractivity contribution in [2.75, 3.05) is 6.61 Å². The third-order valence-corrected chi connectivity index (χ3v) is 5.45. The molecule has 0 aliphatic carbocycles. The molecule has 7 heteroatoms. The Labute approximate surface area is 162 Å². The maximum atomic E-state index is 12.7. The highest BCUT2D eigenvalue weighted by Gasteiger charge is 2.37. The Balaban J connectivity index is 1.98. The topological polar surface area (TPSA) is 68.6 Å².